The number of piperidine rings is 1. The van der Waals surface area contributed by atoms with Gasteiger partial charge in [0.1, 0.15) is 5.82 Å². The number of halogens is 1. The van der Waals surface area contributed by atoms with Gasteiger partial charge >= 0.3 is 0 Å². The van der Waals surface area contributed by atoms with E-state index in [4.69, 9.17) is 11.6 Å². The van der Waals surface area contributed by atoms with Gasteiger partial charge in [0.25, 0.3) is 0 Å². The Morgan fingerprint density at radius 1 is 1.43 bits per heavy atom. The molecular formula is C13H18ClN5O2. The van der Waals surface area contributed by atoms with Gasteiger partial charge in [-0.05, 0) is 30.9 Å². The molecule has 8 heteroatoms. The second-order valence-electron chi connectivity index (χ2n) is 5.76. The molecular weight excluding hydrogens is 294 g/mol. The number of nitrogens with zero attached hydrogens (tertiary/aromatic N) is 3. The molecule has 1 spiro atoms. The zero-order valence-corrected chi connectivity index (χ0v) is 12.4. The number of hydrogen-bond donors (Lipinski definition) is 2. The molecule has 3 heterocycles. The number of amides is 2. The molecule has 0 radical (unpaired) electrons. The maximum atomic E-state index is 12.3. The molecule has 2 fully saturated rings. The Labute approximate surface area is 127 Å². The summed E-state index contributed by atoms with van der Waals surface area (Å²) in [5.41, 5.74) is -0.358. The highest BCUT2D eigenvalue weighted by Gasteiger charge is 2.46. The van der Waals surface area contributed by atoms with Gasteiger partial charge in [-0.15, -0.1) is 5.10 Å². The fraction of sp³-hybridized carbons (Fsp3) is 0.692. The van der Waals surface area contributed by atoms with Crippen LogP contribution in [0.2, 0.25) is 5.28 Å². The van der Waals surface area contributed by atoms with Crippen molar-refractivity contribution in [1.82, 2.24) is 25.4 Å². The van der Waals surface area contributed by atoms with Gasteiger partial charge < -0.3 is 10.2 Å². The van der Waals surface area contributed by atoms with Gasteiger partial charge in [-0.1, -0.05) is 0 Å². The average Bonchev–Trinajstić information content (AvgIpc) is 3.07. The normalized spacial score (nSPS) is 25.4. The van der Waals surface area contributed by atoms with Crippen molar-refractivity contribution in [3.05, 3.63) is 11.1 Å². The molecule has 1 aromatic heterocycles. The molecule has 2 N–H and O–H groups in total. The number of aryl methyl sites for hydroxylation is 1. The number of aromatic amines is 1. The first-order chi connectivity index (χ1) is 10.1. The summed E-state index contributed by atoms with van der Waals surface area (Å²) < 4.78 is 0. The summed E-state index contributed by atoms with van der Waals surface area (Å²) >= 11 is 5.62. The molecule has 2 saturated heterocycles. The molecule has 0 saturated carbocycles. The number of carbonyl (C=O) groups is 2. The Hall–Kier alpha value is -1.63. The minimum atomic E-state index is -0.358. The molecule has 0 unspecified atom stereocenters. The van der Waals surface area contributed by atoms with Crippen LogP contribution < -0.4 is 5.32 Å². The first-order valence-electron chi connectivity index (χ1n) is 7.22. The number of hydrogen-bond acceptors (Lipinski definition) is 4. The molecule has 1 atom stereocenters. The lowest BCUT2D eigenvalue weighted by Crippen LogP contribution is -2.47. The first kappa shape index (κ1) is 14.3. The van der Waals surface area contributed by atoms with E-state index in [1.165, 1.54) is 0 Å². The standard InChI is InChI=1S/C13H18ClN5O2/c14-12-16-9(17-18-12)2-3-10(20)19-7-5-13(8-19)4-1-6-15-11(13)21/h1-8H2,(H,15,21)(H,16,17,18)/t13-/m1/s1. The smallest absolute Gasteiger partial charge is 0.242 e. The zero-order chi connectivity index (χ0) is 14.9. The van der Waals surface area contributed by atoms with E-state index in [1.807, 2.05) is 0 Å². The number of likely N-dealkylation sites (tertiary alicyclic amines) is 1. The van der Waals surface area contributed by atoms with Crippen molar-refractivity contribution in [2.45, 2.75) is 32.1 Å². The third-order valence-electron chi connectivity index (χ3n) is 4.39. The summed E-state index contributed by atoms with van der Waals surface area (Å²) in [6.07, 6.45) is 3.46. The molecule has 114 valence electrons. The van der Waals surface area contributed by atoms with E-state index in [0.29, 0.717) is 31.8 Å². The van der Waals surface area contributed by atoms with Gasteiger partial charge in [-0.3, -0.25) is 14.7 Å². The minimum absolute atomic E-state index is 0.0535. The monoisotopic (exact) mass is 311 g/mol. The van der Waals surface area contributed by atoms with E-state index in [-0.39, 0.29) is 22.5 Å². The van der Waals surface area contributed by atoms with Crippen molar-refractivity contribution < 1.29 is 9.59 Å². The Morgan fingerprint density at radius 3 is 3.00 bits per heavy atom. The lowest BCUT2D eigenvalue weighted by atomic mass is 9.79. The van der Waals surface area contributed by atoms with E-state index >= 15 is 0 Å². The molecule has 0 aromatic carbocycles. The number of nitrogens with one attached hydrogen (secondary N) is 2. The largest absolute Gasteiger partial charge is 0.356 e. The van der Waals surface area contributed by atoms with Crippen LogP contribution in [0.3, 0.4) is 0 Å². The van der Waals surface area contributed by atoms with Crippen LogP contribution in [0.4, 0.5) is 0 Å². The first-order valence-corrected chi connectivity index (χ1v) is 7.60. The predicted octanol–water partition coefficient (Wildman–Crippen LogP) is 0.519. The summed E-state index contributed by atoms with van der Waals surface area (Å²) in [6, 6.07) is 0. The van der Waals surface area contributed by atoms with Gasteiger partial charge in [0.15, 0.2) is 0 Å². The minimum Gasteiger partial charge on any atom is -0.356 e. The van der Waals surface area contributed by atoms with E-state index in [1.54, 1.807) is 4.90 Å². The SMILES string of the molecule is O=C(CCc1nc(Cl)n[nH]1)N1CC[C@]2(CCCNC2=O)C1. The van der Waals surface area contributed by atoms with E-state index < -0.39 is 0 Å². The van der Waals surface area contributed by atoms with Gasteiger partial charge in [0, 0.05) is 32.5 Å². The maximum absolute atomic E-state index is 12.3. The summed E-state index contributed by atoms with van der Waals surface area (Å²) in [4.78, 5) is 30.1. The molecule has 2 amide bonds. The Bertz CT molecular complexity index is 561. The van der Waals surface area contributed by atoms with Crippen molar-refractivity contribution >= 4 is 23.4 Å². The van der Waals surface area contributed by atoms with Crippen molar-refractivity contribution in [3.8, 4) is 0 Å². The van der Waals surface area contributed by atoms with Crippen LogP contribution in [0.25, 0.3) is 0 Å². The maximum Gasteiger partial charge on any atom is 0.242 e. The molecule has 1 aromatic rings. The summed E-state index contributed by atoms with van der Waals surface area (Å²) in [5.74, 6) is 0.765. The van der Waals surface area contributed by atoms with E-state index in [2.05, 4.69) is 20.5 Å². The number of aromatic nitrogens is 3. The fourth-order valence-electron chi connectivity index (χ4n) is 3.17. The highest BCUT2D eigenvalue weighted by atomic mass is 35.5. The molecule has 2 aliphatic rings. The Balaban J connectivity index is 1.55. The van der Waals surface area contributed by atoms with Crippen LogP contribution in [0.15, 0.2) is 0 Å². The van der Waals surface area contributed by atoms with Gasteiger partial charge in [-0.25, -0.2) is 4.98 Å². The second kappa shape index (κ2) is 5.63. The quantitative estimate of drug-likeness (QED) is 0.851. The highest BCUT2D eigenvalue weighted by molar-refractivity contribution is 6.28. The second-order valence-corrected chi connectivity index (χ2v) is 6.09. The van der Waals surface area contributed by atoms with Crippen LogP contribution in [0.1, 0.15) is 31.5 Å². The van der Waals surface area contributed by atoms with Gasteiger partial charge in [0.05, 0.1) is 5.41 Å². The fourth-order valence-corrected chi connectivity index (χ4v) is 3.32. The van der Waals surface area contributed by atoms with E-state index in [0.717, 1.165) is 25.8 Å². The van der Waals surface area contributed by atoms with E-state index in [9.17, 15) is 9.59 Å². The van der Waals surface area contributed by atoms with Crippen LogP contribution in [0.5, 0.6) is 0 Å². The summed E-state index contributed by atoms with van der Waals surface area (Å²) in [5, 5.41) is 9.49. The highest BCUT2D eigenvalue weighted by Crippen LogP contribution is 2.37. The zero-order valence-electron chi connectivity index (χ0n) is 11.7. The number of carbonyl (C=O) groups excluding carboxylic acids is 2. The summed E-state index contributed by atoms with van der Waals surface area (Å²) in [6.45, 7) is 1.94. The molecule has 21 heavy (non-hydrogen) atoms. The third-order valence-corrected chi connectivity index (χ3v) is 4.55. The van der Waals surface area contributed by atoms with Crippen LogP contribution in [-0.4, -0.2) is 51.5 Å². The number of rotatable bonds is 3. The van der Waals surface area contributed by atoms with Crippen LogP contribution >= 0.6 is 11.6 Å². The third kappa shape index (κ3) is 2.88. The molecule has 0 bridgehead atoms. The topological polar surface area (TPSA) is 91.0 Å². The van der Waals surface area contributed by atoms with Crippen LogP contribution in [0, 0.1) is 5.41 Å². The van der Waals surface area contributed by atoms with Gasteiger partial charge in [-0.2, -0.15) is 0 Å². The lowest BCUT2D eigenvalue weighted by Gasteiger charge is -2.32. The Kier molecular flexibility index (Phi) is 3.84. The molecule has 2 aliphatic heterocycles. The average molecular weight is 312 g/mol. The molecule has 7 nitrogen and oxygen atoms in total. The predicted molar refractivity (Wildman–Crippen MR) is 75.6 cm³/mol. The van der Waals surface area contributed by atoms with Crippen LogP contribution in [-0.2, 0) is 16.0 Å². The number of H-pyrrole nitrogens is 1. The van der Waals surface area contributed by atoms with Crippen molar-refractivity contribution in [3.63, 3.8) is 0 Å². The Morgan fingerprint density at radius 2 is 2.29 bits per heavy atom. The summed E-state index contributed by atoms with van der Waals surface area (Å²) in [7, 11) is 0. The van der Waals surface area contributed by atoms with Crippen molar-refractivity contribution in [1.29, 1.82) is 0 Å². The van der Waals surface area contributed by atoms with Gasteiger partial charge in [0.2, 0.25) is 17.1 Å². The lowest BCUT2D eigenvalue weighted by molar-refractivity contribution is -0.134. The van der Waals surface area contributed by atoms with Crippen molar-refractivity contribution in [2.75, 3.05) is 19.6 Å². The molecule has 0 aliphatic carbocycles. The van der Waals surface area contributed by atoms with Crippen molar-refractivity contribution in [2.24, 2.45) is 5.41 Å². The molecule has 3 rings (SSSR count).